The Bertz CT molecular complexity index is 909. The lowest BCUT2D eigenvalue weighted by Gasteiger charge is -2.12. The minimum Gasteiger partial charge on any atom is -0.366 e. The number of primary amides is 1. The largest absolute Gasteiger partial charge is 0.452 e. The van der Waals surface area contributed by atoms with Crippen molar-refractivity contribution in [1.29, 1.82) is 0 Å². The van der Waals surface area contributed by atoms with Crippen LogP contribution in [0.4, 0.5) is 24.0 Å². The van der Waals surface area contributed by atoms with Crippen molar-refractivity contribution in [3.63, 3.8) is 0 Å². The van der Waals surface area contributed by atoms with E-state index >= 15 is 0 Å². The van der Waals surface area contributed by atoms with Crippen LogP contribution in [-0.4, -0.2) is 15.3 Å². The number of nitrogens with zero attached hydrogens (tertiary/aromatic N) is 2. The Hall–Kier alpha value is -2.94. The number of halogens is 3. The average Bonchev–Trinajstić information content (AvgIpc) is 3.04. The van der Waals surface area contributed by atoms with E-state index in [0.29, 0.717) is 17.1 Å². The molecule has 0 bridgehead atoms. The number of rotatable bonds is 4. The van der Waals surface area contributed by atoms with Gasteiger partial charge in [-0.3, -0.25) is 4.79 Å². The lowest BCUT2D eigenvalue weighted by Crippen LogP contribution is -2.15. The lowest BCUT2D eigenvalue weighted by molar-refractivity contribution is -0.144. The summed E-state index contributed by atoms with van der Waals surface area (Å²) in [5, 5.41) is 2.62. The molecule has 0 saturated carbocycles. The highest BCUT2D eigenvalue weighted by molar-refractivity contribution is 7.09. The topological polar surface area (TPSA) is 80.9 Å². The molecule has 1 heterocycles. The molecule has 1 amide bonds. The minimum absolute atomic E-state index is 0.0833. The van der Waals surface area contributed by atoms with E-state index in [2.05, 4.69) is 14.7 Å². The van der Waals surface area contributed by atoms with Gasteiger partial charge in [-0.2, -0.15) is 22.5 Å². The predicted octanol–water partition coefficient (Wildman–Crippen LogP) is 4.07. The number of aromatic nitrogens is 2. The molecule has 3 aromatic rings. The van der Waals surface area contributed by atoms with E-state index in [1.807, 2.05) is 6.07 Å². The van der Waals surface area contributed by atoms with Crippen LogP contribution in [0.5, 0.6) is 0 Å². The van der Waals surface area contributed by atoms with Gasteiger partial charge in [-0.05, 0) is 17.2 Å². The Labute approximate surface area is 144 Å². The molecule has 0 spiro atoms. The highest BCUT2D eigenvalue weighted by Gasteiger charge is 2.36. The zero-order valence-electron chi connectivity index (χ0n) is 12.5. The maximum absolute atomic E-state index is 12.6. The Kier molecular flexibility index (Phi) is 4.41. The van der Waals surface area contributed by atoms with Gasteiger partial charge >= 0.3 is 6.18 Å². The molecule has 0 aliphatic heterocycles. The maximum atomic E-state index is 12.6. The Morgan fingerprint density at radius 2 is 1.80 bits per heavy atom. The van der Waals surface area contributed by atoms with Gasteiger partial charge < -0.3 is 11.1 Å². The van der Waals surface area contributed by atoms with E-state index in [9.17, 15) is 18.0 Å². The second kappa shape index (κ2) is 6.52. The zero-order chi connectivity index (χ0) is 18.0. The number of amides is 1. The van der Waals surface area contributed by atoms with Gasteiger partial charge in [0.2, 0.25) is 11.0 Å². The average molecular weight is 364 g/mol. The van der Waals surface area contributed by atoms with Crippen molar-refractivity contribution in [2.75, 3.05) is 5.32 Å². The van der Waals surface area contributed by atoms with Gasteiger partial charge in [0.15, 0.2) is 0 Å². The molecule has 3 rings (SSSR count). The summed E-state index contributed by atoms with van der Waals surface area (Å²) in [5.41, 5.74) is 7.24. The van der Waals surface area contributed by atoms with Crippen LogP contribution in [0, 0.1) is 0 Å². The van der Waals surface area contributed by atoms with E-state index in [4.69, 9.17) is 5.73 Å². The number of benzene rings is 2. The molecule has 0 unspecified atom stereocenters. The first-order valence-electron chi connectivity index (χ1n) is 7.02. The highest BCUT2D eigenvalue weighted by Crippen LogP contribution is 2.33. The summed E-state index contributed by atoms with van der Waals surface area (Å²) in [5.74, 6) is -1.94. The first kappa shape index (κ1) is 16.9. The van der Waals surface area contributed by atoms with Crippen molar-refractivity contribution < 1.29 is 18.0 Å². The van der Waals surface area contributed by atoms with Crippen molar-refractivity contribution in [3.05, 3.63) is 59.9 Å². The first-order chi connectivity index (χ1) is 11.9. The second-order valence-corrected chi connectivity index (χ2v) is 5.76. The molecule has 0 fully saturated rings. The van der Waals surface area contributed by atoms with Crippen LogP contribution in [-0.2, 0) is 6.18 Å². The van der Waals surface area contributed by atoms with E-state index in [1.54, 1.807) is 42.5 Å². The molecule has 0 saturated heterocycles. The third-order valence-electron chi connectivity index (χ3n) is 3.32. The zero-order valence-corrected chi connectivity index (χ0v) is 13.4. The SMILES string of the molecule is NC(=O)c1c(Nc2nc(C(F)(F)F)ns2)cccc1-c1ccccc1. The third kappa shape index (κ3) is 3.61. The standard InChI is InChI=1S/C16H11F3N4OS/c17-16(18,19)14-22-15(25-23-14)21-11-8-4-7-10(12(11)13(20)24)9-5-2-1-3-6-9/h1-8H,(H2,20,24)(H,21,22,23). The molecular formula is C16H11F3N4OS. The third-order valence-corrected chi connectivity index (χ3v) is 3.95. The van der Waals surface area contributed by atoms with Crippen LogP contribution in [0.25, 0.3) is 11.1 Å². The van der Waals surface area contributed by atoms with Crippen molar-refractivity contribution in [1.82, 2.24) is 9.36 Å². The molecule has 5 nitrogen and oxygen atoms in total. The van der Waals surface area contributed by atoms with E-state index < -0.39 is 17.9 Å². The van der Waals surface area contributed by atoms with Gasteiger partial charge in [-0.1, -0.05) is 42.5 Å². The van der Waals surface area contributed by atoms with Crippen LogP contribution in [0.1, 0.15) is 16.2 Å². The molecule has 128 valence electrons. The minimum atomic E-state index is -4.63. The fraction of sp³-hybridized carbons (Fsp3) is 0.0625. The normalized spacial score (nSPS) is 11.3. The molecule has 9 heteroatoms. The monoisotopic (exact) mass is 364 g/mol. The molecule has 0 atom stereocenters. The van der Waals surface area contributed by atoms with Crippen LogP contribution in [0.2, 0.25) is 0 Å². The number of hydrogen-bond donors (Lipinski definition) is 2. The number of anilines is 2. The van der Waals surface area contributed by atoms with E-state index in [0.717, 1.165) is 5.56 Å². The number of carbonyl (C=O) groups excluding carboxylic acids is 1. The van der Waals surface area contributed by atoms with Gasteiger partial charge in [0, 0.05) is 11.5 Å². The number of hydrogen-bond acceptors (Lipinski definition) is 5. The number of carbonyl (C=O) groups is 1. The highest BCUT2D eigenvalue weighted by atomic mass is 32.1. The van der Waals surface area contributed by atoms with Gasteiger partial charge in [0.1, 0.15) is 0 Å². The molecule has 0 radical (unpaired) electrons. The van der Waals surface area contributed by atoms with E-state index in [1.165, 1.54) is 0 Å². The van der Waals surface area contributed by atoms with Gasteiger partial charge in [-0.25, -0.2) is 0 Å². The molecule has 0 aliphatic rings. The van der Waals surface area contributed by atoms with Crippen LogP contribution in [0.15, 0.2) is 48.5 Å². The number of nitrogens with two attached hydrogens (primary N) is 1. The van der Waals surface area contributed by atoms with Crippen molar-refractivity contribution in [2.24, 2.45) is 5.73 Å². The summed E-state index contributed by atoms with van der Waals surface area (Å²) in [7, 11) is 0. The summed E-state index contributed by atoms with van der Waals surface area (Å²) in [4.78, 5) is 15.3. The smallest absolute Gasteiger partial charge is 0.366 e. The van der Waals surface area contributed by atoms with Crippen LogP contribution in [0.3, 0.4) is 0 Å². The van der Waals surface area contributed by atoms with Crippen LogP contribution < -0.4 is 11.1 Å². The summed E-state index contributed by atoms with van der Waals surface area (Å²) in [6, 6.07) is 14.0. The predicted molar refractivity (Wildman–Crippen MR) is 88.6 cm³/mol. The van der Waals surface area contributed by atoms with E-state index in [-0.39, 0.29) is 16.4 Å². The number of alkyl halides is 3. The molecule has 25 heavy (non-hydrogen) atoms. The molecule has 2 aromatic carbocycles. The Balaban J connectivity index is 2.02. The Morgan fingerprint density at radius 3 is 2.40 bits per heavy atom. The molecule has 0 aliphatic carbocycles. The van der Waals surface area contributed by atoms with Gasteiger partial charge in [0.25, 0.3) is 5.91 Å². The Morgan fingerprint density at radius 1 is 1.08 bits per heavy atom. The van der Waals surface area contributed by atoms with Crippen molar-refractivity contribution in [2.45, 2.75) is 6.18 Å². The van der Waals surface area contributed by atoms with Crippen molar-refractivity contribution >= 4 is 28.3 Å². The van der Waals surface area contributed by atoms with Gasteiger partial charge in [0.05, 0.1) is 11.3 Å². The second-order valence-electron chi connectivity index (χ2n) is 5.00. The summed E-state index contributed by atoms with van der Waals surface area (Å²) >= 11 is 0.549. The molecule has 1 aromatic heterocycles. The summed E-state index contributed by atoms with van der Waals surface area (Å²) in [6.07, 6.45) is -4.63. The van der Waals surface area contributed by atoms with Gasteiger partial charge in [-0.15, -0.1) is 0 Å². The summed E-state index contributed by atoms with van der Waals surface area (Å²) < 4.78 is 41.1. The quantitative estimate of drug-likeness (QED) is 0.731. The van der Waals surface area contributed by atoms with Crippen LogP contribution >= 0.6 is 11.5 Å². The lowest BCUT2D eigenvalue weighted by atomic mass is 9.98. The fourth-order valence-corrected chi connectivity index (χ4v) is 2.88. The maximum Gasteiger partial charge on any atom is 0.452 e. The number of nitrogens with one attached hydrogen (secondary N) is 1. The molecular weight excluding hydrogens is 353 g/mol. The fourth-order valence-electron chi connectivity index (χ4n) is 2.28. The first-order valence-corrected chi connectivity index (χ1v) is 7.80. The molecule has 3 N–H and O–H groups in total. The van der Waals surface area contributed by atoms with Crippen molar-refractivity contribution in [3.8, 4) is 11.1 Å². The summed E-state index contributed by atoms with van der Waals surface area (Å²) in [6.45, 7) is 0.